The molecule has 0 radical (unpaired) electrons. The molecule has 2 amide bonds. The molecule has 1 aromatic carbocycles. The third-order valence-corrected chi connectivity index (χ3v) is 5.25. The van der Waals surface area contributed by atoms with Crippen molar-refractivity contribution in [1.82, 2.24) is 4.90 Å². The van der Waals surface area contributed by atoms with Gasteiger partial charge in [-0.2, -0.15) is 0 Å². The predicted octanol–water partition coefficient (Wildman–Crippen LogP) is 5.21. The maximum atomic E-state index is 12.8. The van der Waals surface area contributed by atoms with E-state index in [9.17, 15) is 4.79 Å². The normalized spacial score (nSPS) is 18.8. The van der Waals surface area contributed by atoms with E-state index in [1.54, 1.807) is 11.3 Å². The molecular weight excluding hydrogens is 292 g/mol. The Morgan fingerprint density at radius 1 is 1.18 bits per heavy atom. The van der Waals surface area contributed by atoms with Crippen LogP contribution in [0.15, 0.2) is 41.8 Å². The van der Waals surface area contributed by atoms with Crippen molar-refractivity contribution >= 4 is 23.1 Å². The first kappa shape index (κ1) is 15.1. The number of para-hydroxylation sites is 1. The van der Waals surface area contributed by atoms with Gasteiger partial charge in [0.1, 0.15) is 0 Å². The van der Waals surface area contributed by atoms with Crippen LogP contribution in [0, 0.1) is 6.92 Å². The van der Waals surface area contributed by atoms with E-state index in [2.05, 4.69) is 22.8 Å². The number of amides is 2. The third kappa shape index (κ3) is 3.33. The van der Waals surface area contributed by atoms with Gasteiger partial charge in [0.05, 0.1) is 6.04 Å². The average Bonchev–Trinajstić information content (AvgIpc) is 2.94. The minimum Gasteiger partial charge on any atom is -0.317 e. The highest BCUT2D eigenvalue weighted by Crippen LogP contribution is 2.33. The lowest BCUT2D eigenvalue weighted by atomic mass is 10.1. The van der Waals surface area contributed by atoms with Gasteiger partial charge in [-0.1, -0.05) is 37.1 Å². The van der Waals surface area contributed by atoms with Crippen molar-refractivity contribution in [2.24, 2.45) is 0 Å². The highest BCUT2D eigenvalue weighted by molar-refractivity contribution is 7.10. The van der Waals surface area contributed by atoms with E-state index in [4.69, 9.17) is 0 Å². The van der Waals surface area contributed by atoms with E-state index < -0.39 is 0 Å². The van der Waals surface area contributed by atoms with Gasteiger partial charge < -0.3 is 10.2 Å². The Morgan fingerprint density at radius 2 is 2.05 bits per heavy atom. The number of hydrogen-bond acceptors (Lipinski definition) is 2. The molecule has 4 heteroatoms. The molecule has 1 aliphatic rings. The van der Waals surface area contributed by atoms with Crippen molar-refractivity contribution in [2.45, 2.75) is 38.6 Å². The zero-order valence-electron chi connectivity index (χ0n) is 12.9. The summed E-state index contributed by atoms with van der Waals surface area (Å²) in [7, 11) is 0. The van der Waals surface area contributed by atoms with E-state index in [0.29, 0.717) is 0 Å². The Balaban J connectivity index is 1.80. The maximum Gasteiger partial charge on any atom is 0.322 e. The Labute approximate surface area is 136 Å². The second kappa shape index (κ2) is 6.97. The molecule has 1 fully saturated rings. The first-order chi connectivity index (χ1) is 10.8. The van der Waals surface area contributed by atoms with Gasteiger partial charge in [0.2, 0.25) is 0 Å². The fraction of sp³-hybridized carbons (Fsp3) is 0.389. The van der Waals surface area contributed by atoms with Gasteiger partial charge in [0, 0.05) is 17.1 Å². The number of rotatable bonds is 2. The highest BCUT2D eigenvalue weighted by atomic mass is 32.1. The number of anilines is 1. The summed E-state index contributed by atoms with van der Waals surface area (Å²) in [5.74, 6) is 0. The first-order valence-corrected chi connectivity index (χ1v) is 8.80. The standard InChI is InChI=1S/C18H22N2OS/c1-14-8-4-5-9-15(14)19-18(21)20-12-6-2-3-10-16(20)17-11-7-13-22-17/h4-5,7-9,11,13,16H,2-3,6,10,12H2,1H3,(H,19,21)/t16-/m1/s1. The number of nitrogens with one attached hydrogen (secondary N) is 1. The van der Waals surface area contributed by atoms with Crippen LogP contribution in [0.2, 0.25) is 0 Å². The quantitative estimate of drug-likeness (QED) is 0.811. The molecule has 1 atom stereocenters. The van der Waals surface area contributed by atoms with Gasteiger partial charge in [-0.15, -0.1) is 11.3 Å². The summed E-state index contributed by atoms with van der Waals surface area (Å²) < 4.78 is 0. The van der Waals surface area contributed by atoms with Gasteiger partial charge in [-0.3, -0.25) is 0 Å². The molecule has 1 N–H and O–H groups in total. The summed E-state index contributed by atoms with van der Waals surface area (Å²) >= 11 is 1.75. The van der Waals surface area contributed by atoms with E-state index in [1.807, 2.05) is 36.1 Å². The molecule has 2 aromatic rings. The molecule has 0 bridgehead atoms. The van der Waals surface area contributed by atoms with Crippen LogP contribution in [-0.4, -0.2) is 17.5 Å². The molecule has 1 aromatic heterocycles. The van der Waals surface area contributed by atoms with Crippen LogP contribution in [0.5, 0.6) is 0 Å². The summed E-state index contributed by atoms with van der Waals surface area (Å²) in [6.07, 6.45) is 4.54. The van der Waals surface area contributed by atoms with Crippen molar-refractivity contribution < 1.29 is 4.79 Å². The van der Waals surface area contributed by atoms with Crippen LogP contribution in [0.1, 0.15) is 42.2 Å². The number of carbonyl (C=O) groups excluding carboxylic acids is 1. The number of carbonyl (C=O) groups is 1. The van der Waals surface area contributed by atoms with Gasteiger partial charge in [0.15, 0.2) is 0 Å². The molecule has 3 nitrogen and oxygen atoms in total. The second-order valence-corrected chi connectivity index (χ2v) is 6.80. The summed E-state index contributed by atoms with van der Waals surface area (Å²) in [6.45, 7) is 2.86. The Kier molecular flexibility index (Phi) is 4.78. The number of benzene rings is 1. The molecule has 0 saturated carbocycles. The smallest absolute Gasteiger partial charge is 0.317 e. The topological polar surface area (TPSA) is 32.3 Å². The fourth-order valence-corrected chi connectivity index (χ4v) is 3.90. The van der Waals surface area contributed by atoms with Crippen LogP contribution < -0.4 is 5.32 Å². The Morgan fingerprint density at radius 3 is 2.82 bits per heavy atom. The van der Waals surface area contributed by atoms with Crippen molar-refractivity contribution in [3.05, 3.63) is 52.2 Å². The van der Waals surface area contributed by atoms with Crippen LogP contribution in [0.25, 0.3) is 0 Å². The first-order valence-electron chi connectivity index (χ1n) is 7.92. The zero-order valence-corrected chi connectivity index (χ0v) is 13.7. The van der Waals surface area contributed by atoms with Crippen molar-refractivity contribution in [1.29, 1.82) is 0 Å². The monoisotopic (exact) mass is 314 g/mol. The van der Waals surface area contributed by atoms with Crippen LogP contribution >= 0.6 is 11.3 Å². The summed E-state index contributed by atoms with van der Waals surface area (Å²) in [5.41, 5.74) is 2.00. The molecule has 1 aliphatic heterocycles. The van der Waals surface area contributed by atoms with Crippen molar-refractivity contribution in [3.63, 3.8) is 0 Å². The Bertz CT molecular complexity index is 624. The second-order valence-electron chi connectivity index (χ2n) is 5.82. The van der Waals surface area contributed by atoms with Crippen molar-refractivity contribution in [3.8, 4) is 0 Å². The summed E-state index contributed by atoms with van der Waals surface area (Å²) in [4.78, 5) is 16.1. The molecule has 1 saturated heterocycles. The number of thiophene rings is 1. The SMILES string of the molecule is Cc1ccccc1NC(=O)N1CCCCC[C@@H]1c1cccs1. The minimum absolute atomic E-state index is 0.0228. The molecular formula is C18H22N2OS. The lowest BCUT2D eigenvalue weighted by Gasteiger charge is -2.29. The predicted molar refractivity (Wildman–Crippen MR) is 92.4 cm³/mol. The van der Waals surface area contributed by atoms with Gasteiger partial charge in [-0.05, 0) is 42.8 Å². The highest BCUT2D eigenvalue weighted by Gasteiger charge is 2.27. The molecule has 3 rings (SSSR count). The number of nitrogens with zero attached hydrogens (tertiary/aromatic N) is 1. The van der Waals surface area contributed by atoms with E-state index in [0.717, 1.165) is 30.6 Å². The Hall–Kier alpha value is -1.81. The average molecular weight is 314 g/mol. The van der Waals surface area contributed by atoms with E-state index >= 15 is 0 Å². The lowest BCUT2D eigenvalue weighted by molar-refractivity contribution is 0.190. The number of urea groups is 1. The lowest BCUT2D eigenvalue weighted by Crippen LogP contribution is -2.37. The summed E-state index contributed by atoms with van der Waals surface area (Å²) in [5, 5.41) is 5.19. The summed E-state index contributed by atoms with van der Waals surface area (Å²) in [6, 6.07) is 12.4. The number of likely N-dealkylation sites (tertiary alicyclic amines) is 1. The zero-order chi connectivity index (χ0) is 15.4. The molecule has 22 heavy (non-hydrogen) atoms. The molecule has 116 valence electrons. The number of hydrogen-bond donors (Lipinski definition) is 1. The van der Waals surface area contributed by atoms with Gasteiger partial charge in [-0.25, -0.2) is 4.79 Å². The molecule has 0 spiro atoms. The van der Waals surface area contributed by atoms with E-state index in [1.165, 1.54) is 17.7 Å². The molecule has 2 heterocycles. The minimum atomic E-state index is 0.0228. The fourth-order valence-electron chi connectivity index (χ4n) is 3.03. The van der Waals surface area contributed by atoms with Crippen LogP contribution in [0.4, 0.5) is 10.5 Å². The van der Waals surface area contributed by atoms with E-state index in [-0.39, 0.29) is 12.1 Å². The van der Waals surface area contributed by atoms with Crippen LogP contribution in [0.3, 0.4) is 0 Å². The van der Waals surface area contributed by atoms with Crippen LogP contribution in [-0.2, 0) is 0 Å². The molecule has 0 aliphatic carbocycles. The molecule has 0 unspecified atom stereocenters. The van der Waals surface area contributed by atoms with Gasteiger partial charge >= 0.3 is 6.03 Å². The van der Waals surface area contributed by atoms with Gasteiger partial charge in [0.25, 0.3) is 0 Å². The third-order valence-electron chi connectivity index (χ3n) is 4.27. The largest absolute Gasteiger partial charge is 0.322 e. The maximum absolute atomic E-state index is 12.8. The van der Waals surface area contributed by atoms with Crippen molar-refractivity contribution in [2.75, 3.05) is 11.9 Å². The number of aryl methyl sites for hydroxylation is 1.